The maximum Gasteiger partial charge on any atom is 0.262 e. The molecule has 0 atom stereocenters. The molecular formula is C22H27N3O3. The lowest BCUT2D eigenvalue weighted by atomic mass is 10.1. The molecule has 148 valence electrons. The van der Waals surface area contributed by atoms with E-state index in [1.54, 1.807) is 12.4 Å². The lowest BCUT2D eigenvalue weighted by Gasteiger charge is -2.11. The summed E-state index contributed by atoms with van der Waals surface area (Å²) in [5.41, 5.74) is 4.82. The molecule has 2 amide bonds. The van der Waals surface area contributed by atoms with Crippen LogP contribution in [-0.2, 0) is 16.1 Å². The number of aryl methyl sites for hydroxylation is 3. The van der Waals surface area contributed by atoms with Crippen molar-refractivity contribution in [2.24, 2.45) is 0 Å². The molecule has 0 bridgehead atoms. The van der Waals surface area contributed by atoms with Gasteiger partial charge in [0.1, 0.15) is 5.75 Å². The van der Waals surface area contributed by atoms with E-state index in [1.807, 2.05) is 45.0 Å². The first-order chi connectivity index (χ1) is 13.3. The SMILES string of the molecule is C=C(CCC(=O)NCc1cnccc1C)NC(=O)COc1ccc(C)c(C)c1. The predicted molar refractivity (Wildman–Crippen MR) is 109 cm³/mol. The highest BCUT2D eigenvalue weighted by molar-refractivity contribution is 5.80. The monoisotopic (exact) mass is 381 g/mol. The van der Waals surface area contributed by atoms with Gasteiger partial charge in [-0.3, -0.25) is 14.6 Å². The van der Waals surface area contributed by atoms with Gasteiger partial charge in [0.25, 0.3) is 5.91 Å². The normalized spacial score (nSPS) is 10.2. The molecule has 0 aliphatic heterocycles. The van der Waals surface area contributed by atoms with Crippen molar-refractivity contribution in [1.29, 1.82) is 0 Å². The summed E-state index contributed by atoms with van der Waals surface area (Å²) in [6, 6.07) is 7.58. The first-order valence-corrected chi connectivity index (χ1v) is 9.19. The average molecular weight is 381 g/mol. The number of ether oxygens (including phenoxy) is 1. The molecular weight excluding hydrogens is 354 g/mol. The number of carbonyl (C=O) groups excluding carboxylic acids is 2. The number of nitrogens with one attached hydrogen (secondary N) is 2. The molecule has 1 aromatic carbocycles. The topological polar surface area (TPSA) is 80.3 Å². The van der Waals surface area contributed by atoms with Gasteiger partial charge >= 0.3 is 0 Å². The van der Waals surface area contributed by atoms with Crippen LogP contribution in [0, 0.1) is 20.8 Å². The summed E-state index contributed by atoms with van der Waals surface area (Å²) in [7, 11) is 0. The van der Waals surface area contributed by atoms with E-state index >= 15 is 0 Å². The van der Waals surface area contributed by atoms with Gasteiger partial charge in [-0.1, -0.05) is 12.6 Å². The minimum absolute atomic E-state index is 0.103. The molecule has 0 saturated heterocycles. The number of allylic oxidation sites excluding steroid dienone is 1. The van der Waals surface area contributed by atoms with Gasteiger partial charge < -0.3 is 15.4 Å². The molecule has 1 aromatic heterocycles. The van der Waals surface area contributed by atoms with Gasteiger partial charge in [0.05, 0.1) is 0 Å². The van der Waals surface area contributed by atoms with Crippen LogP contribution in [0.15, 0.2) is 48.9 Å². The van der Waals surface area contributed by atoms with E-state index in [1.165, 1.54) is 5.56 Å². The number of aromatic nitrogens is 1. The molecule has 0 unspecified atom stereocenters. The zero-order valence-electron chi connectivity index (χ0n) is 16.7. The van der Waals surface area contributed by atoms with Gasteiger partial charge in [0.15, 0.2) is 6.61 Å². The Bertz CT molecular complexity index is 862. The number of benzene rings is 1. The van der Waals surface area contributed by atoms with Crippen molar-refractivity contribution in [2.45, 2.75) is 40.2 Å². The van der Waals surface area contributed by atoms with E-state index in [0.29, 0.717) is 24.4 Å². The van der Waals surface area contributed by atoms with Gasteiger partial charge in [-0.05, 0) is 67.6 Å². The van der Waals surface area contributed by atoms with Gasteiger partial charge in [-0.2, -0.15) is 0 Å². The molecule has 0 fully saturated rings. The van der Waals surface area contributed by atoms with Crippen LogP contribution in [0.3, 0.4) is 0 Å². The number of carbonyl (C=O) groups is 2. The standard InChI is InChI=1S/C22H27N3O3/c1-15-5-7-20(11-17(15)3)28-14-22(27)25-18(4)6-8-21(26)24-13-19-12-23-10-9-16(19)2/h5,7,9-12H,4,6,8,13-14H2,1-3H3,(H,24,26)(H,25,27). The fourth-order valence-corrected chi connectivity index (χ4v) is 2.48. The van der Waals surface area contributed by atoms with Crippen molar-refractivity contribution in [3.63, 3.8) is 0 Å². The number of hydrogen-bond acceptors (Lipinski definition) is 4. The second-order valence-electron chi connectivity index (χ2n) is 6.77. The smallest absolute Gasteiger partial charge is 0.262 e. The Hall–Kier alpha value is -3.15. The van der Waals surface area contributed by atoms with Crippen LogP contribution in [0.2, 0.25) is 0 Å². The lowest BCUT2D eigenvalue weighted by molar-refractivity contribution is -0.123. The number of nitrogens with zero attached hydrogens (tertiary/aromatic N) is 1. The van der Waals surface area contributed by atoms with E-state index in [0.717, 1.165) is 16.7 Å². The molecule has 1 heterocycles. The predicted octanol–water partition coefficient (Wildman–Crippen LogP) is 3.11. The average Bonchev–Trinajstić information content (AvgIpc) is 2.66. The summed E-state index contributed by atoms with van der Waals surface area (Å²) in [4.78, 5) is 28.0. The molecule has 28 heavy (non-hydrogen) atoms. The highest BCUT2D eigenvalue weighted by atomic mass is 16.5. The third-order valence-corrected chi connectivity index (χ3v) is 4.44. The van der Waals surface area contributed by atoms with Gasteiger partial charge in [-0.25, -0.2) is 0 Å². The number of rotatable bonds is 9. The second-order valence-corrected chi connectivity index (χ2v) is 6.77. The van der Waals surface area contributed by atoms with Crippen LogP contribution >= 0.6 is 0 Å². The Balaban J connectivity index is 1.66. The quantitative estimate of drug-likeness (QED) is 0.699. The van der Waals surface area contributed by atoms with Gasteiger partial charge in [0.2, 0.25) is 5.91 Å². The Morgan fingerprint density at radius 3 is 2.54 bits per heavy atom. The molecule has 0 aliphatic rings. The second kappa shape index (κ2) is 10.3. The molecule has 0 saturated carbocycles. The molecule has 0 aliphatic carbocycles. The Morgan fingerprint density at radius 1 is 1.04 bits per heavy atom. The molecule has 0 spiro atoms. The van der Waals surface area contributed by atoms with E-state index < -0.39 is 0 Å². The van der Waals surface area contributed by atoms with Crippen LogP contribution in [0.25, 0.3) is 0 Å². The maximum absolute atomic E-state index is 12.0. The summed E-state index contributed by atoms with van der Waals surface area (Å²) in [6.07, 6.45) is 4.07. The fourth-order valence-electron chi connectivity index (χ4n) is 2.48. The van der Waals surface area contributed by atoms with E-state index in [9.17, 15) is 9.59 Å². The van der Waals surface area contributed by atoms with Crippen molar-refractivity contribution in [2.75, 3.05) is 6.61 Å². The maximum atomic E-state index is 12.0. The van der Waals surface area contributed by atoms with Crippen LogP contribution < -0.4 is 15.4 Å². The molecule has 2 rings (SSSR count). The zero-order chi connectivity index (χ0) is 20.5. The van der Waals surface area contributed by atoms with E-state index in [2.05, 4.69) is 22.2 Å². The van der Waals surface area contributed by atoms with Crippen molar-refractivity contribution >= 4 is 11.8 Å². The molecule has 6 nitrogen and oxygen atoms in total. The van der Waals surface area contributed by atoms with Crippen molar-refractivity contribution in [3.05, 3.63) is 71.2 Å². The number of hydrogen-bond donors (Lipinski definition) is 2. The Kier molecular flexibility index (Phi) is 7.75. The molecule has 2 N–H and O–H groups in total. The minimum atomic E-state index is -0.297. The zero-order valence-corrected chi connectivity index (χ0v) is 16.7. The van der Waals surface area contributed by atoms with Crippen molar-refractivity contribution < 1.29 is 14.3 Å². The summed E-state index contributed by atoms with van der Waals surface area (Å²) < 4.78 is 5.49. The Labute approximate surface area is 166 Å². The van der Waals surface area contributed by atoms with Gasteiger partial charge in [-0.15, -0.1) is 0 Å². The first kappa shape index (κ1) is 21.2. The van der Waals surface area contributed by atoms with E-state index in [-0.39, 0.29) is 24.8 Å². The number of pyridine rings is 1. The van der Waals surface area contributed by atoms with E-state index in [4.69, 9.17) is 4.74 Å². The molecule has 2 aromatic rings. The highest BCUT2D eigenvalue weighted by Gasteiger charge is 2.08. The lowest BCUT2D eigenvalue weighted by Crippen LogP contribution is -2.29. The van der Waals surface area contributed by atoms with Crippen LogP contribution in [0.5, 0.6) is 5.75 Å². The number of amides is 2. The third-order valence-electron chi connectivity index (χ3n) is 4.44. The van der Waals surface area contributed by atoms with Crippen LogP contribution in [0.1, 0.15) is 35.1 Å². The van der Waals surface area contributed by atoms with Gasteiger partial charge in [0, 0.05) is 31.1 Å². The highest BCUT2D eigenvalue weighted by Crippen LogP contribution is 2.16. The minimum Gasteiger partial charge on any atom is -0.484 e. The largest absolute Gasteiger partial charge is 0.484 e. The first-order valence-electron chi connectivity index (χ1n) is 9.19. The van der Waals surface area contributed by atoms with Crippen LogP contribution in [-0.4, -0.2) is 23.4 Å². The molecule has 0 radical (unpaired) electrons. The third kappa shape index (κ3) is 6.87. The van der Waals surface area contributed by atoms with Crippen molar-refractivity contribution in [3.8, 4) is 5.75 Å². The van der Waals surface area contributed by atoms with Crippen LogP contribution in [0.4, 0.5) is 0 Å². The summed E-state index contributed by atoms with van der Waals surface area (Å²) in [6.45, 7) is 10.1. The van der Waals surface area contributed by atoms with Crippen molar-refractivity contribution in [1.82, 2.24) is 15.6 Å². The molecule has 6 heteroatoms. The summed E-state index contributed by atoms with van der Waals surface area (Å²) >= 11 is 0. The summed E-state index contributed by atoms with van der Waals surface area (Å²) in [5, 5.41) is 5.51. The Morgan fingerprint density at radius 2 is 1.82 bits per heavy atom. The fraction of sp³-hybridized carbons (Fsp3) is 0.318. The summed E-state index contributed by atoms with van der Waals surface area (Å²) in [5.74, 6) is 0.244.